The summed E-state index contributed by atoms with van der Waals surface area (Å²) in [6.07, 6.45) is 2.59. The van der Waals surface area contributed by atoms with Crippen molar-refractivity contribution < 1.29 is 4.74 Å². The van der Waals surface area contributed by atoms with E-state index in [0.717, 1.165) is 23.6 Å². The maximum atomic E-state index is 5.89. The molecule has 3 nitrogen and oxygen atoms in total. The van der Waals surface area contributed by atoms with Crippen LogP contribution < -0.4 is 10.5 Å². The van der Waals surface area contributed by atoms with Crippen LogP contribution in [0, 0.1) is 0 Å². The van der Waals surface area contributed by atoms with Gasteiger partial charge in [0.25, 0.3) is 0 Å². The van der Waals surface area contributed by atoms with Crippen molar-refractivity contribution in [2.24, 2.45) is 5.73 Å². The van der Waals surface area contributed by atoms with Crippen molar-refractivity contribution >= 4 is 0 Å². The highest BCUT2D eigenvalue weighted by Gasteiger charge is 2.04. The third-order valence-corrected chi connectivity index (χ3v) is 2.56. The average Bonchev–Trinajstić information content (AvgIpc) is 2.40. The van der Waals surface area contributed by atoms with E-state index in [9.17, 15) is 0 Å². The fourth-order valence-electron chi connectivity index (χ4n) is 1.51. The Morgan fingerprint density at radius 1 is 1.12 bits per heavy atom. The van der Waals surface area contributed by atoms with Gasteiger partial charge >= 0.3 is 0 Å². The van der Waals surface area contributed by atoms with Gasteiger partial charge in [-0.1, -0.05) is 25.1 Å². The molecule has 0 unspecified atom stereocenters. The summed E-state index contributed by atoms with van der Waals surface area (Å²) in [5.41, 5.74) is 6.79. The lowest BCUT2D eigenvalue weighted by Crippen LogP contribution is -2.10. The molecule has 1 atom stereocenters. The lowest BCUT2D eigenvalue weighted by molar-refractivity contribution is 0.479. The maximum absolute atomic E-state index is 5.89. The van der Waals surface area contributed by atoms with Crippen molar-refractivity contribution in [3.8, 4) is 11.5 Å². The van der Waals surface area contributed by atoms with Crippen molar-refractivity contribution in [2.75, 3.05) is 0 Å². The lowest BCUT2D eigenvalue weighted by atomic mass is 10.1. The first kappa shape index (κ1) is 11.6. The Morgan fingerprint density at radius 3 is 2.47 bits per heavy atom. The summed E-state index contributed by atoms with van der Waals surface area (Å²) in [4.78, 5) is 4.30. The summed E-state index contributed by atoms with van der Waals surface area (Å²) in [7, 11) is 0. The number of benzene rings is 1. The van der Waals surface area contributed by atoms with Crippen molar-refractivity contribution in [3.63, 3.8) is 0 Å². The van der Waals surface area contributed by atoms with Crippen LogP contribution in [-0.2, 0) is 0 Å². The molecular formula is C14H16N2O. The first-order valence-electron chi connectivity index (χ1n) is 5.74. The van der Waals surface area contributed by atoms with Crippen LogP contribution >= 0.6 is 0 Å². The molecule has 1 heterocycles. The van der Waals surface area contributed by atoms with Gasteiger partial charge in [0.05, 0.1) is 11.9 Å². The fourth-order valence-corrected chi connectivity index (χ4v) is 1.51. The van der Waals surface area contributed by atoms with Gasteiger partial charge in [0.2, 0.25) is 0 Å². The number of hydrogen-bond donors (Lipinski definition) is 1. The highest BCUT2D eigenvalue weighted by atomic mass is 16.5. The van der Waals surface area contributed by atoms with E-state index in [4.69, 9.17) is 10.5 Å². The first-order valence-corrected chi connectivity index (χ1v) is 5.74. The number of nitrogens with two attached hydrogens (primary N) is 1. The zero-order valence-electron chi connectivity index (χ0n) is 9.84. The Morgan fingerprint density at radius 2 is 1.88 bits per heavy atom. The second kappa shape index (κ2) is 5.46. The number of hydrogen-bond acceptors (Lipinski definition) is 3. The fraction of sp³-hybridized carbons (Fsp3) is 0.214. The summed E-state index contributed by atoms with van der Waals surface area (Å²) in [5, 5.41) is 0. The van der Waals surface area contributed by atoms with E-state index in [1.807, 2.05) is 49.4 Å². The molecule has 88 valence electrons. The number of pyridine rings is 1. The summed E-state index contributed by atoms with van der Waals surface area (Å²) in [6.45, 7) is 2.04. The van der Waals surface area contributed by atoms with Gasteiger partial charge in [-0.3, -0.25) is 4.98 Å². The monoisotopic (exact) mass is 228 g/mol. The van der Waals surface area contributed by atoms with Gasteiger partial charge in [-0.05, 0) is 30.7 Å². The number of rotatable bonds is 4. The Labute approximate surface area is 101 Å². The SMILES string of the molecule is CC[C@H](N)c1ccc(Oc2ccccc2)cn1. The van der Waals surface area contributed by atoms with Crippen LogP contribution in [0.25, 0.3) is 0 Å². The van der Waals surface area contributed by atoms with E-state index in [1.54, 1.807) is 6.20 Å². The molecule has 0 amide bonds. The van der Waals surface area contributed by atoms with Crippen molar-refractivity contribution in [1.82, 2.24) is 4.98 Å². The number of nitrogens with zero attached hydrogens (tertiary/aromatic N) is 1. The molecule has 0 aliphatic rings. The Hall–Kier alpha value is -1.87. The van der Waals surface area contributed by atoms with Gasteiger partial charge in [0.15, 0.2) is 0 Å². The second-order valence-corrected chi connectivity index (χ2v) is 3.85. The third-order valence-electron chi connectivity index (χ3n) is 2.56. The molecule has 2 aromatic rings. The molecule has 1 aromatic carbocycles. The third kappa shape index (κ3) is 3.04. The van der Waals surface area contributed by atoms with E-state index < -0.39 is 0 Å². The van der Waals surface area contributed by atoms with Gasteiger partial charge in [-0.25, -0.2) is 0 Å². The minimum atomic E-state index is 0.000718. The smallest absolute Gasteiger partial charge is 0.145 e. The van der Waals surface area contributed by atoms with Crippen LogP contribution in [0.5, 0.6) is 11.5 Å². The standard InChI is InChI=1S/C14H16N2O/c1-2-13(15)14-9-8-12(10-16-14)17-11-6-4-3-5-7-11/h3-10,13H,2,15H2,1H3/t13-/m0/s1. The molecule has 0 saturated carbocycles. The zero-order chi connectivity index (χ0) is 12.1. The summed E-state index contributed by atoms with van der Waals surface area (Å²) < 4.78 is 5.64. The second-order valence-electron chi connectivity index (χ2n) is 3.85. The van der Waals surface area contributed by atoms with E-state index in [2.05, 4.69) is 4.98 Å². The highest BCUT2D eigenvalue weighted by Crippen LogP contribution is 2.21. The van der Waals surface area contributed by atoms with E-state index in [1.165, 1.54) is 0 Å². The van der Waals surface area contributed by atoms with Crippen LogP contribution in [0.15, 0.2) is 48.7 Å². The summed E-state index contributed by atoms with van der Waals surface area (Å²) in [6, 6.07) is 13.4. The summed E-state index contributed by atoms with van der Waals surface area (Å²) >= 11 is 0. The molecule has 0 saturated heterocycles. The maximum Gasteiger partial charge on any atom is 0.145 e. The predicted molar refractivity (Wildman–Crippen MR) is 68.0 cm³/mol. The van der Waals surface area contributed by atoms with E-state index >= 15 is 0 Å². The first-order chi connectivity index (χ1) is 8.29. The van der Waals surface area contributed by atoms with Gasteiger partial charge in [0, 0.05) is 6.04 Å². The molecule has 1 aromatic heterocycles. The lowest BCUT2D eigenvalue weighted by Gasteiger charge is -2.09. The molecule has 0 aliphatic carbocycles. The molecule has 0 spiro atoms. The normalized spacial score (nSPS) is 12.1. The molecule has 0 aliphatic heterocycles. The van der Waals surface area contributed by atoms with Gasteiger partial charge in [-0.15, -0.1) is 0 Å². The number of aromatic nitrogens is 1. The predicted octanol–water partition coefficient (Wildman–Crippen LogP) is 3.28. The molecule has 0 radical (unpaired) electrons. The zero-order valence-corrected chi connectivity index (χ0v) is 9.84. The van der Waals surface area contributed by atoms with E-state index in [0.29, 0.717) is 0 Å². The molecule has 17 heavy (non-hydrogen) atoms. The summed E-state index contributed by atoms with van der Waals surface area (Å²) in [5.74, 6) is 1.53. The van der Waals surface area contributed by atoms with Crippen molar-refractivity contribution in [2.45, 2.75) is 19.4 Å². The molecule has 2 N–H and O–H groups in total. The Balaban J connectivity index is 2.08. The van der Waals surface area contributed by atoms with Crippen molar-refractivity contribution in [1.29, 1.82) is 0 Å². The molecule has 0 bridgehead atoms. The Kier molecular flexibility index (Phi) is 3.73. The molecule has 2 rings (SSSR count). The van der Waals surface area contributed by atoms with E-state index in [-0.39, 0.29) is 6.04 Å². The minimum absolute atomic E-state index is 0.000718. The van der Waals surface area contributed by atoms with Crippen LogP contribution in [0.3, 0.4) is 0 Å². The van der Waals surface area contributed by atoms with Crippen LogP contribution in [-0.4, -0.2) is 4.98 Å². The molecular weight excluding hydrogens is 212 g/mol. The number of ether oxygens (including phenoxy) is 1. The van der Waals surface area contributed by atoms with Crippen LogP contribution in [0.1, 0.15) is 25.1 Å². The quantitative estimate of drug-likeness (QED) is 0.873. The van der Waals surface area contributed by atoms with Crippen LogP contribution in [0.2, 0.25) is 0 Å². The molecule has 0 fully saturated rings. The Bertz CT molecular complexity index is 453. The van der Waals surface area contributed by atoms with Crippen molar-refractivity contribution in [3.05, 3.63) is 54.4 Å². The topological polar surface area (TPSA) is 48.1 Å². The minimum Gasteiger partial charge on any atom is -0.456 e. The van der Waals surface area contributed by atoms with Gasteiger partial charge in [0.1, 0.15) is 11.5 Å². The highest BCUT2D eigenvalue weighted by molar-refractivity contribution is 5.29. The van der Waals surface area contributed by atoms with Crippen LogP contribution in [0.4, 0.5) is 0 Å². The average molecular weight is 228 g/mol. The van der Waals surface area contributed by atoms with Gasteiger partial charge in [-0.2, -0.15) is 0 Å². The number of para-hydroxylation sites is 1. The van der Waals surface area contributed by atoms with Gasteiger partial charge < -0.3 is 10.5 Å². The largest absolute Gasteiger partial charge is 0.456 e. The molecule has 3 heteroatoms.